The third-order valence-electron chi connectivity index (χ3n) is 3.29. The van der Waals surface area contributed by atoms with E-state index in [9.17, 15) is 4.79 Å². The summed E-state index contributed by atoms with van der Waals surface area (Å²) in [6, 6.07) is 10.0. The lowest BCUT2D eigenvalue weighted by molar-refractivity contribution is 0.100. The maximum absolute atomic E-state index is 11.3. The molecular weight excluding hydrogens is 252 g/mol. The molecule has 0 atom stereocenters. The molecule has 5 heteroatoms. The number of fused-ring (bicyclic) bond motifs is 1. The van der Waals surface area contributed by atoms with E-state index in [0.29, 0.717) is 11.2 Å². The molecule has 0 aliphatic rings. The van der Waals surface area contributed by atoms with Crippen molar-refractivity contribution in [2.24, 2.45) is 5.73 Å². The summed E-state index contributed by atoms with van der Waals surface area (Å²) in [5.74, 6) is -0.573. The lowest BCUT2D eigenvalue weighted by Crippen LogP contribution is -2.15. The summed E-state index contributed by atoms with van der Waals surface area (Å²) >= 11 is 0. The molecule has 0 spiro atoms. The van der Waals surface area contributed by atoms with E-state index in [2.05, 4.69) is 11.2 Å². The molecule has 0 aliphatic heterocycles. The molecule has 2 heterocycles. The van der Waals surface area contributed by atoms with Crippen molar-refractivity contribution in [2.75, 3.05) is 5.73 Å². The van der Waals surface area contributed by atoms with Crippen LogP contribution in [0.2, 0.25) is 0 Å². The van der Waals surface area contributed by atoms with E-state index in [1.807, 2.05) is 37.4 Å². The van der Waals surface area contributed by atoms with Gasteiger partial charge in [0.25, 0.3) is 5.91 Å². The van der Waals surface area contributed by atoms with Crippen LogP contribution >= 0.6 is 0 Å². The van der Waals surface area contributed by atoms with E-state index in [1.165, 1.54) is 11.8 Å². The Labute approximate surface area is 115 Å². The number of hydrogen-bond donors (Lipinski definition) is 2. The van der Waals surface area contributed by atoms with Gasteiger partial charge in [-0.2, -0.15) is 5.10 Å². The molecule has 0 saturated heterocycles. The summed E-state index contributed by atoms with van der Waals surface area (Å²) in [5.41, 5.74) is 15.8. The van der Waals surface area contributed by atoms with E-state index in [0.717, 1.165) is 11.1 Å². The summed E-state index contributed by atoms with van der Waals surface area (Å²) in [5, 5.41) is 4.17. The number of carbonyl (C=O) groups is 1. The van der Waals surface area contributed by atoms with Crippen molar-refractivity contribution >= 4 is 17.1 Å². The predicted molar refractivity (Wildman–Crippen MR) is 78.3 cm³/mol. The molecule has 2 aromatic heterocycles. The van der Waals surface area contributed by atoms with Crippen LogP contribution in [0, 0.1) is 6.92 Å². The van der Waals surface area contributed by atoms with Gasteiger partial charge in [0.1, 0.15) is 0 Å². The lowest BCUT2D eigenvalue weighted by Gasteiger charge is -2.02. The van der Waals surface area contributed by atoms with Crippen LogP contribution in [0.25, 0.3) is 16.6 Å². The van der Waals surface area contributed by atoms with Gasteiger partial charge >= 0.3 is 0 Å². The number of rotatable bonds is 2. The van der Waals surface area contributed by atoms with E-state index in [1.54, 1.807) is 4.52 Å². The zero-order valence-electron chi connectivity index (χ0n) is 11.0. The van der Waals surface area contributed by atoms with E-state index in [4.69, 9.17) is 11.5 Å². The summed E-state index contributed by atoms with van der Waals surface area (Å²) in [4.78, 5) is 11.3. The molecule has 3 aromatic rings. The number of benzene rings is 1. The van der Waals surface area contributed by atoms with Crippen LogP contribution in [0.5, 0.6) is 0 Å². The fraction of sp³-hybridized carbons (Fsp3) is 0.0667. The molecule has 1 amide bonds. The summed E-state index contributed by atoms with van der Waals surface area (Å²) in [6.45, 7) is 2.04. The number of carbonyl (C=O) groups excluding carboxylic acids is 1. The molecule has 0 unspecified atom stereocenters. The van der Waals surface area contributed by atoms with Gasteiger partial charge in [0.2, 0.25) is 0 Å². The first-order valence-electron chi connectivity index (χ1n) is 6.20. The van der Waals surface area contributed by atoms with Gasteiger partial charge in [-0.1, -0.05) is 29.8 Å². The minimum atomic E-state index is -0.573. The Bertz CT molecular complexity index is 820. The largest absolute Gasteiger partial charge is 0.396 e. The molecule has 5 nitrogen and oxygen atoms in total. The second kappa shape index (κ2) is 4.38. The van der Waals surface area contributed by atoms with E-state index < -0.39 is 5.91 Å². The number of primary amides is 1. The van der Waals surface area contributed by atoms with Crippen LogP contribution in [0.4, 0.5) is 5.69 Å². The van der Waals surface area contributed by atoms with Crippen molar-refractivity contribution in [1.29, 1.82) is 0 Å². The van der Waals surface area contributed by atoms with Gasteiger partial charge < -0.3 is 11.5 Å². The second-order valence-electron chi connectivity index (χ2n) is 4.76. The average Bonchev–Trinajstić information content (AvgIpc) is 2.83. The van der Waals surface area contributed by atoms with Crippen LogP contribution in [-0.2, 0) is 0 Å². The number of nitrogens with two attached hydrogens (primary N) is 2. The first-order valence-corrected chi connectivity index (χ1v) is 6.20. The second-order valence-corrected chi connectivity index (χ2v) is 4.76. The van der Waals surface area contributed by atoms with Gasteiger partial charge in [-0.15, -0.1) is 0 Å². The number of anilines is 1. The number of nitrogen functional groups attached to an aromatic ring is 1. The van der Waals surface area contributed by atoms with Crippen molar-refractivity contribution in [3.8, 4) is 11.1 Å². The fourth-order valence-corrected chi connectivity index (χ4v) is 2.25. The number of nitrogens with zero attached hydrogens (tertiary/aromatic N) is 2. The molecule has 100 valence electrons. The number of amides is 1. The molecule has 20 heavy (non-hydrogen) atoms. The third-order valence-corrected chi connectivity index (χ3v) is 3.29. The van der Waals surface area contributed by atoms with E-state index in [-0.39, 0.29) is 5.56 Å². The molecule has 3 rings (SSSR count). The maximum atomic E-state index is 11.3. The SMILES string of the molecule is Cc1cccc(-c2cc3c(N)c(C(N)=O)cnn3c2)c1. The molecule has 0 aliphatic carbocycles. The first-order chi connectivity index (χ1) is 9.56. The van der Waals surface area contributed by atoms with Crippen LogP contribution in [0.3, 0.4) is 0 Å². The van der Waals surface area contributed by atoms with Crippen LogP contribution in [-0.4, -0.2) is 15.5 Å². The highest BCUT2D eigenvalue weighted by molar-refractivity contribution is 6.01. The van der Waals surface area contributed by atoms with Gasteiger partial charge in [-0.05, 0) is 18.6 Å². The van der Waals surface area contributed by atoms with Gasteiger partial charge in [0.15, 0.2) is 0 Å². The predicted octanol–water partition coefficient (Wildman–Crippen LogP) is 1.99. The average molecular weight is 266 g/mol. The van der Waals surface area contributed by atoms with Crippen LogP contribution in [0.15, 0.2) is 42.7 Å². The third kappa shape index (κ3) is 1.89. The molecular formula is C15H14N4O. The van der Waals surface area contributed by atoms with Crippen molar-refractivity contribution in [2.45, 2.75) is 6.92 Å². The summed E-state index contributed by atoms with van der Waals surface area (Å²) < 4.78 is 1.65. The smallest absolute Gasteiger partial charge is 0.252 e. The van der Waals surface area contributed by atoms with Crippen LogP contribution < -0.4 is 11.5 Å². The molecule has 0 radical (unpaired) electrons. The monoisotopic (exact) mass is 266 g/mol. The Morgan fingerprint density at radius 3 is 2.75 bits per heavy atom. The molecule has 0 saturated carbocycles. The fourth-order valence-electron chi connectivity index (χ4n) is 2.25. The molecule has 1 aromatic carbocycles. The van der Waals surface area contributed by atoms with E-state index >= 15 is 0 Å². The van der Waals surface area contributed by atoms with Gasteiger partial charge in [0.05, 0.1) is 23.0 Å². The quantitative estimate of drug-likeness (QED) is 0.743. The highest BCUT2D eigenvalue weighted by Gasteiger charge is 2.12. The van der Waals surface area contributed by atoms with Crippen molar-refractivity contribution in [3.05, 3.63) is 53.9 Å². The number of hydrogen-bond acceptors (Lipinski definition) is 3. The minimum absolute atomic E-state index is 0.242. The Kier molecular flexibility index (Phi) is 2.68. The van der Waals surface area contributed by atoms with Gasteiger partial charge in [-0.3, -0.25) is 4.79 Å². The Hall–Kier alpha value is -2.82. The number of aromatic nitrogens is 2. The van der Waals surface area contributed by atoms with Crippen LogP contribution in [0.1, 0.15) is 15.9 Å². The highest BCUT2D eigenvalue weighted by atomic mass is 16.1. The van der Waals surface area contributed by atoms with Crippen molar-refractivity contribution in [1.82, 2.24) is 9.61 Å². The minimum Gasteiger partial charge on any atom is -0.396 e. The topological polar surface area (TPSA) is 86.4 Å². The lowest BCUT2D eigenvalue weighted by atomic mass is 10.1. The van der Waals surface area contributed by atoms with Crippen molar-refractivity contribution in [3.63, 3.8) is 0 Å². The van der Waals surface area contributed by atoms with Gasteiger partial charge in [0, 0.05) is 11.8 Å². The van der Waals surface area contributed by atoms with Crippen molar-refractivity contribution < 1.29 is 4.79 Å². The Morgan fingerprint density at radius 1 is 1.25 bits per heavy atom. The standard InChI is InChI=1S/C15H14N4O/c1-9-3-2-4-10(5-9)11-6-13-14(16)12(15(17)20)7-18-19(13)8-11/h2-8H,16H2,1H3,(H2,17,20). The molecule has 0 fully saturated rings. The van der Waals surface area contributed by atoms with Gasteiger partial charge in [-0.25, -0.2) is 4.52 Å². The normalized spacial score (nSPS) is 10.8. The summed E-state index contributed by atoms with van der Waals surface area (Å²) in [7, 11) is 0. The molecule has 0 bridgehead atoms. The number of aryl methyl sites for hydroxylation is 1. The zero-order valence-corrected chi connectivity index (χ0v) is 11.0. The maximum Gasteiger partial charge on any atom is 0.252 e. The summed E-state index contributed by atoms with van der Waals surface area (Å²) in [6.07, 6.45) is 3.27. The molecule has 4 N–H and O–H groups in total. The first kappa shape index (κ1) is 12.2. The highest BCUT2D eigenvalue weighted by Crippen LogP contribution is 2.26. The Balaban J connectivity index is 2.21. The Morgan fingerprint density at radius 2 is 2.05 bits per heavy atom. The zero-order chi connectivity index (χ0) is 14.3.